The van der Waals surface area contributed by atoms with Crippen LogP contribution in [0.4, 0.5) is 11.4 Å². The van der Waals surface area contributed by atoms with Crippen LogP contribution in [0.3, 0.4) is 0 Å². The van der Waals surface area contributed by atoms with E-state index in [1.165, 1.54) is 60.7 Å². The average Bonchev–Trinajstić information content (AvgIpc) is 3.08. The number of benzene rings is 3. The molecule has 3 aromatic carbocycles. The maximum atomic E-state index is 12.6. The fourth-order valence-electron chi connectivity index (χ4n) is 3.00. The van der Waals surface area contributed by atoms with Crippen molar-refractivity contribution in [3.63, 3.8) is 0 Å². The van der Waals surface area contributed by atoms with Crippen molar-refractivity contribution in [3.8, 4) is 0 Å². The number of rotatable bonds is 5. The summed E-state index contributed by atoms with van der Waals surface area (Å²) in [4.78, 5) is 27.7. The fourth-order valence-corrected chi connectivity index (χ4v) is 5.24. The number of halogens is 1. The van der Waals surface area contributed by atoms with Gasteiger partial charge in [-0.2, -0.15) is 4.99 Å². The van der Waals surface area contributed by atoms with Crippen LogP contribution in [-0.4, -0.2) is 23.8 Å². The van der Waals surface area contributed by atoms with Crippen LogP contribution in [0.2, 0.25) is 5.02 Å². The Bertz CT molecular complexity index is 1560. The molecule has 1 heterocycles. The number of non-ortho nitro benzene ring substituents is 1. The lowest BCUT2D eigenvalue weighted by atomic mass is 10.2. The molecule has 0 saturated carbocycles. The number of aromatic nitrogens is 1. The summed E-state index contributed by atoms with van der Waals surface area (Å²) in [7, 11) is -2.09. The lowest BCUT2D eigenvalue weighted by Crippen LogP contribution is -2.14. The number of sulfonamides is 1. The number of fused-ring (bicyclic) bond motifs is 1. The first kappa shape index (κ1) is 22.6. The van der Waals surface area contributed by atoms with Gasteiger partial charge in [-0.25, -0.2) is 8.42 Å². The zero-order valence-electron chi connectivity index (χ0n) is 16.9. The van der Waals surface area contributed by atoms with Crippen molar-refractivity contribution >= 4 is 60.5 Å². The Balaban J connectivity index is 1.57. The third-order valence-corrected chi connectivity index (χ3v) is 7.45. The molecule has 0 saturated heterocycles. The fraction of sp³-hybridized carbons (Fsp3) is 0.0476. The summed E-state index contributed by atoms with van der Waals surface area (Å²) in [6.45, 7) is 0. The number of carbonyl (C=O) groups excluding carboxylic acids is 1. The number of nitro benzene ring substituents is 1. The zero-order chi connectivity index (χ0) is 23.8. The molecule has 12 heteroatoms. The Morgan fingerprint density at radius 2 is 1.76 bits per heavy atom. The molecule has 0 unspecified atom stereocenters. The van der Waals surface area contributed by atoms with E-state index >= 15 is 0 Å². The molecule has 9 nitrogen and oxygen atoms in total. The number of anilines is 1. The third kappa shape index (κ3) is 4.80. The van der Waals surface area contributed by atoms with E-state index in [4.69, 9.17) is 11.6 Å². The molecule has 0 aliphatic heterocycles. The topological polar surface area (TPSA) is 124 Å². The minimum absolute atomic E-state index is 0.0427. The van der Waals surface area contributed by atoms with Crippen LogP contribution in [0.5, 0.6) is 0 Å². The molecule has 0 radical (unpaired) electrons. The molecule has 0 atom stereocenters. The maximum Gasteiger partial charge on any atom is 0.279 e. The van der Waals surface area contributed by atoms with E-state index in [9.17, 15) is 23.3 Å². The first-order valence-corrected chi connectivity index (χ1v) is 12.0. The van der Waals surface area contributed by atoms with Gasteiger partial charge in [0.25, 0.3) is 21.6 Å². The molecule has 1 N–H and O–H groups in total. The number of nitrogens with zero attached hydrogens (tertiary/aromatic N) is 3. The average molecular weight is 503 g/mol. The van der Waals surface area contributed by atoms with Crippen LogP contribution in [0.1, 0.15) is 10.4 Å². The van der Waals surface area contributed by atoms with Crippen molar-refractivity contribution in [2.24, 2.45) is 12.0 Å². The van der Waals surface area contributed by atoms with Crippen LogP contribution in [0.15, 0.2) is 76.6 Å². The minimum Gasteiger partial charge on any atom is -0.319 e. The van der Waals surface area contributed by atoms with Crippen LogP contribution in [0, 0.1) is 10.1 Å². The lowest BCUT2D eigenvalue weighted by molar-refractivity contribution is -0.384. The SMILES string of the molecule is Cn1c(=NC(=O)c2ccc(NS(=O)(=O)c3ccc(Cl)cc3)cc2)sc2cc([N+](=O)[O-])ccc21. The number of nitro groups is 1. The van der Waals surface area contributed by atoms with Gasteiger partial charge in [0.1, 0.15) is 0 Å². The molecule has 0 aliphatic rings. The summed E-state index contributed by atoms with van der Waals surface area (Å²) in [5.41, 5.74) is 1.21. The zero-order valence-corrected chi connectivity index (χ0v) is 19.3. The Morgan fingerprint density at radius 1 is 1.09 bits per heavy atom. The van der Waals surface area contributed by atoms with Gasteiger partial charge < -0.3 is 4.57 Å². The van der Waals surface area contributed by atoms with E-state index < -0.39 is 20.9 Å². The van der Waals surface area contributed by atoms with E-state index in [-0.39, 0.29) is 21.8 Å². The molecule has 4 rings (SSSR count). The minimum atomic E-state index is -3.81. The number of nitrogens with one attached hydrogen (secondary N) is 1. The second-order valence-electron chi connectivity index (χ2n) is 6.91. The van der Waals surface area contributed by atoms with Gasteiger partial charge in [0, 0.05) is 35.5 Å². The predicted octanol–water partition coefficient (Wildman–Crippen LogP) is 4.34. The highest BCUT2D eigenvalue weighted by Crippen LogP contribution is 2.23. The van der Waals surface area contributed by atoms with Crippen LogP contribution in [-0.2, 0) is 17.1 Å². The van der Waals surface area contributed by atoms with E-state index in [1.807, 2.05) is 0 Å². The van der Waals surface area contributed by atoms with Gasteiger partial charge in [0.05, 0.1) is 20.0 Å². The van der Waals surface area contributed by atoms with E-state index in [0.717, 1.165) is 11.3 Å². The molecule has 1 amide bonds. The van der Waals surface area contributed by atoms with Crippen molar-refractivity contribution in [3.05, 3.63) is 92.2 Å². The smallest absolute Gasteiger partial charge is 0.279 e. The van der Waals surface area contributed by atoms with Gasteiger partial charge in [0.15, 0.2) is 4.80 Å². The predicted molar refractivity (Wildman–Crippen MR) is 126 cm³/mol. The summed E-state index contributed by atoms with van der Waals surface area (Å²) in [5, 5.41) is 11.4. The van der Waals surface area contributed by atoms with E-state index in [2.05, 4.69) is 9.71 Å². The molecule has 1 aromatic heterocycles. The summed E-state index contributed by atoms with van der Waals surface area (Å²) < 4.78 is 29.7. The second kappa shape index (κ2) is 8.77. The second-order valence-corrected chi connectivity index (χ2v) is 10.0. The van der Waals surface area contributed by atoms with Crippen LogP contribution in [0.25, 0.3) is 10.2 Å². The molecular formula is C21H15ClN4O5S2. The Morgan fingerprint density at radius 3 is 2.39 bits per heavy atom. The maximum absolute atomic E-state index is 12.6. The van der Waals surface area contributed by atoms with Crippen LogP contribution < -0.4 is 9.52 Å². The van der Waals surface area contributed by atoms with Crippen molar-refractivity contribution in [1.29, 1.82) is 0 Å². The molecule has 4 aromatic rings. The van der Waals surface area contributed by atoms with Gasteiger partial charge in [-0.15, -0.1) is 0 Å². The molecule has 33 heavy (non-hydrogen) atoms. The summed E-state index contributed by atoms with van der Waals surface area (Å²) in [6.07, 6.45) is 0. The largest absolute Gasteiger partial charge is 0.319 e. The van der Waals surface area contributed by atoms with Crippen LogP contribution >= 0.6 is 22.9 Å². The monoisotopic (exact) mass is 502 g/mol. The highest BCUT2D eigenvalue weighted by molar-refractivity contribution is 7.92. The number of hydrogen-bond acceptors (Lipinski definition) is 6. The summed E-state index contributed by atoms with van der Waals surface area (Å²) >= 11 is 6.95. The van der Waals surface area contributed by atoms with Gasteiger partial charge >= 0.3 is 0 Å². The molecule has 168 valence electrons. The quantitative estimate of drug-likeness (QED) is 0.321. The van der Waals surface area contributed by atoms with Gasteiger partial charge in [-0.1, -0.05) is 22.9 Å². The number of aryl methyl sites for hydroxylation is 1. The van der Waals surface area contributed by atoms with E-state index in [1.54, 1.807) is 17.7 Å². The first-order chi connectivity index (χ1) is 15.6. The molecular weight excluding hydrogens is 488 g/mol. The number of hydrogen-bond donors (Lipinski definition) is 1. The lowest BCUT2D eigenvalue weighted by Gasteiger charge is -2.08. The van der Waals surface area contributed by atoms with Gasteiger partial charge in [0.2, 0.25) is 0 Å². The highest BCUT2D eigenvalue weighted by atomic mass is 35.5. The Labute approximate surface area is 196 Å². The summed E-state index contributed by atoms with van der Waals surface area (Å²) in [5.74, 6) is -0.529. The Kier molecular flexibility index (Phi) is 6.02. The molecule has 0 fully saturated rings. The van der Waals surface area contributed by atoms with Crippen molar-refractivity contribution < 1.29 is 18.1 Å². The normalized spacial score (nSPS) is 12.1. The first-order valence-electron chi connectivity index (χ1n) is 9.35. The third-order valence-electron chi connectivity index (χ3n) is 4.71. The van der Waals surface area contributed by atoms with Crippen molar-refractivity contribution in [1.82, 2.24) is 4.57 Å². The standard InChI is InChI=1S/C21H15ClN4O5S2/c1-25-18-11-8-16(26(28)29)12-19(18)32-21(25)23-20(27)13-2-6-15(7-3-13)24-33(30,31)17-9-4-14(22)5-10-17/h2-12,24H,1H3. The Hall–Kier alpha value is -3.54. The van der Waals surface area contributed by atoms with Crippen molar-refractivity contribution in [2.45, 2.75) is 4.90 Å². The number of amides is 1. The van der Waals surface area contributed by atoms with E-state index in [0.29, 0.717) is 20.0 Å². The van der Waals surface area contributed by atoms with Gasteiger partial charge in [-0.05, 0) is 54.6 Å². The molecule has 0 spiro atoms. The molecule has 0 bridgehead atoms. The summed E-state index contributed by atoms with van der Waals surface area (Å²) in [6, 6.07) is 16.0. The molecule has 0 aliphatic carbocycles. The van der Waals surface area contributed by atoms with Gasteiger partial charge in [-0.3, -0.25) is 19.6 Å². The number of thiazole rings is 1. The number of carbonyl (C=O) groups is 1. The van der Waals surface area contributed by atoms with Crippen molar-refractivity contribution in [2.75, 3.05) is 4.72 Å². The highest BCUT2D eigenvalue weighted by Gasteiger charge is 2.15.